The Bertz CT molecular complexity index is 1800. The standard InChI is InChI=1S/C34H25NO/c1-34-20-25-19-24(22-9-4-2-5-10-22)15-16-28(25)35(34)29-17-18-31-33(27(29)21-34)32-26(13-8-14-30(32)36-31)23-11-6-3-7-12-23/h2-19H,20-21H2,1H3. The molecule has 8 rings (SSSR count). The number of hydrogen-bond acceptors (Lipinski definition) is 2. The first-order valence-electron chi connectivity index (χ1n) is 12.7. The van der Waals surface area contributed by atoms with E-state index in [4.69, 9.17) is 4.42 Å². The lowest BCUT2D eigenvalue weighted by Gasteiger charge is -2.30. The molecular weight excluding hydrogens is 438 g/mol. The summed E-state index contributed by atoms with van der Waals surface area (Å²) in [5, 5.41) is 2.51. The van der Waals surface area contributed by atoms with Crippen LogP contribution in [0.2, 0.25) is 0 Å². The van der Waals surface area contributed by atoms with Gasteiger partial charge in [0.2, 0.25) is 0 Å². The number of furan rings is 1. The molecule has 2 heteroatoms. The number of benzene rings is 5. The fourth-order valence-electron chi connectivity index (χ4n) is 6.69. The minimum absolute atomic E-state index is 0.0273. The molecule has 6 aromatic rings. The van der Waals surface area contributed by atoms with E-state index in [1.807, 2.05) is 0 Å². The van der Waals surface area contributed by atoms with Crippen LogP contribution in [0.1, 0.15) is 18.1 Å². The van der Waals surface area contributed by atoms with Gasteiger partial charge in [0.25, 0.3) is 0 Å². The Hall–Kier alpha value is -4.30. The van der Waals surface area contributed by atoms with Gasteiger partial charge in [0, 0.05) is 22.1 Å². The summed E-state index contributed by atoms with van der Waals surface area (Å²) < 4.78 is 6.41. The number of fused-ring (bicyclic) bond motifs is 9. The Labute approximate surface area is 210 Å². The van der Waals surface area contributed by atoms with Crippen molar-refractivity contribution < 1.29 is 4.42 Å². The van der Waals surface area contributed by atoms with Crippen molar-refractivity contribution in [1.29, 1.82) is 0 Å². The predicted molar refractivity (Wildman–Crippen MR) is 149 cm³/mol. The smallest absolute Gasteiger partial charge is 0.136 e. The predicted octanol–water partition coefficient (Wildman–Crippen LogP) is 8.93. The minimum Gasteiger partial charge on any atom is -0.456 e. The van der Waals surface area contributed by atoms with Gasteiger partial charge in [-0.15, -0.1) is 0 Å². The van der Waals surface area contributed by atoms with Gasteiger partial charge in [-0.3, -0.25) is 0 Å². The van der Waals surface area contributed by atoms with Crippen LogP contribution in [0.3, 0.4) is 0 Å². The van der Waals surface area contributed by atoms with Crippen molar-refractivity contribution in [2.45, 2.75) is 25.3 Å². The molecule has 0 amide bonds. The number of nitrogens with zero attached hydrogens (tertiary/aromatic N) is 1. The first-order chi connectivity index (χ1) is 17.7. The van der Waals surface area contributed by atoms with Crippen LogP contribution in [0, 0.1) is 0 Å². The van der Waals surface area contributed by atoms with Gasteiger partial charge in [-0.1, -0.05) is 78.9 Å². The third-order valence-electron chi connectivity index (χ3n) is 8.17. The van der Waals surface area contributed by atoms with Crippen LogP contribution >= 0.6 is 0 Å². The Kier molecular flexibility index (Phi) is 3.94. The molecule has 0 aliphatic carbocycles. The van der Waals surface area contributed by atoms with Gasteiger partial charge in [-0.05, 0) is 83.5 Å². The maximum atomic E-state index is 6.41. The van der Waals surface area contributed by atoms with Crippen LogP contribution in [-0.4, -0.2) is 5.54 Å². The second kappa shape index (κ2) is 7.11. The minimum atomic E-state index is 0.0273. The average molecular weight is 464 g/mol. The maximum absolute atomic E-state index is 6.41. The van der Waals surface area contributed by atoms with Gasteiger partial charge >= 0.3 is 0 Å². The second-order valence-electron chi connectivity index (χ2n) is 10.5. The van der Waals surface area contributed by atoms with Crippen molar-refractivity contribution in [2.75, 3.05) is 4.90 Å². The summed E-state index contributed by atoms with van der Waals surface area (Å²) >= 11 is 0. The van der Waals surface area contributed by atoms with Gasteiger partial charge < -0.3 is 9.32 Å². The molecule has 1 unspecified atom stereocenters. The molecule has 172 valence electrons. The van der Waals surface area contributed by atoms with E-state index in [1.54, 1.807) is 0 Å². The largest absolute Gasteiger partial charge is 0.456 e. The SMILES string of the molecule is CC12Cc3cc(-c4ccccc4)ccc3N1c1ccc3oc4cccc(-c5ccccc5)c4c3c1C2. The van der Waals surface area contributed by atoms with E-state index in [-0.39, 0.29) is 5.54 Å². The topological polar surface area (TPSA) is 16.4 Å². The Morgan fingerprint density at radius 2 is 1.33 bits per heavy atom. The zero-order valence-corrected chi connectivity index (χ0v) is 20.2. The molecule has 0 saturated heterocycles. The fraction of sp³-hybridized carbons (Fsp3) is 0.118. The van der Waals surface area contributed by atoms with Crippen LogP contribution in [0.5, 0.6) is 0 Å². The molecule has 2 aliphatic rings. The number of anilines is 2. The van der Waals surface area contributed by atoms with Crippen molar-refractivity contribution in [2.24, 2.45) is 0 Å². The molecule has 0 spiro atoms. The quantitative estimate of drug-likeness (QED) is 0.255. The lowest BCUT2D eigenvalue weighted by molar-refractivity contribution is 0.508. The van der Waals surface area contributed by atoms with Gasteiger partial charge in [0.05, 0.1) is 5.54 Å². The third kappa shape index (κ3) is 2.67. The fourth-order valence-corrected chi connectivity index (χ4v) is 6.69. The van der Waals surface area contributed by atoms with E-state index < -0.39 is 0 Å². The van der Waals surface area contributed by atoms with Crippen LogP contribution in [0.25, 0.3) is 44.2 Å². The molecule has 36 heavy (non-hydrogen) atoms. The maximum Gasteiger partial charge on any atom is 0.136 e. The van der Waals surface area contributed by atoms with Crippen molar-refractivity contribution in [3.05, 3.63) is 120 Å². The summed E-state index contributed by atoms with van der Waals surface area (Å²) in [6.07, 6.45) is 2.05. The van der Waals surface area contributed by atoms with Crippen LogP contribution in [0.4, 0.5) is 11.4 Å². The van der Waals surface area contributed by atoms with Crippen molar-refractivity contribution in [1.82, 2.24) is 0 Å². The van der Waals surface area contributed by atoms with E-state index in [0.29, 0.717) is 0 Å². The molecule has 2 nitrogen and oxygen atoms in total. The van der Waals surface area contributed by atoms with E-state index >= 15 is 0 Å². The van der Waals surface area contributed by atoms with Gasteiger partial charge in [0.1, 0.15) is 11.2 Å². The zero-order chi connectivity index (χ0) is 23.9. The summed E-state index contributed by atoms with van der Waals surface area (Å²) in [6, 6.07) is 39.2. The van der Waals surface area contributed by atoms with Crippen molar-refractivity contribution in [3.63, 3.8) is 0 Å². The Balaban J connectivity index is 1.33. The Morgan fingerprint density at radius 3 is 2.14 bits per heavy atom. The molecule has 5 aromatic carbocycles. The van der Waals surface area contributed by atoms with Crippen molar-refractivity contribution >= 4 is 33.3 Å². The normalized spacial score (nSPS) is 18.0. The summed E-state index contributed by atoms with van der Waals surface area (Å²) in [6.45, 7) is 2.42. The van der Waals surface area contributed by atoms with E-state index in [9.17, 15) is 0 Å². The molecule has 1 atom stereocenters. The third-order valence-corrected chi connectivity index (χ3v) is 8.17. The average Bonchev–Trinajstić information content (AvgIpc) is 3.53. The van der Waals surface area contributed by atoms with E-state index in [0.717, 1.165) is 24.0 Å². The molecule has 0 fully saturated rings. The lowest BCUT2D eigenvalue weighted by Crippen LogP contribution is -2.37. The van der Waals surface area contributed by atoms with Crippen molar-refractivity contribution in [3.8, 4) is 22.3 Å². The number of rotatable bonds is 2. The molecule has 0 bridgehead atoms. The Morgan fingerprint density at radius 1 is 0.611 bits per heavy atom. The first kappa shape index (κ1) is 19.9. The summed E-state index contributed by atoms with van der Waals surface area (Å²) in [5.41, 5.74) is 12.5. The van der Waals surface area contributed by atoms with Crippen LogP contribution < -0.4 is 4.90 Å². The lowest BCUT2D eigenvalue weighted by atomic mass is 9.89. The molecular formula is C34H25NO. The van der Waals surface area contributed by atoms with Gasteiger partial charge in [-0.2, -0.15) is 0 Å². The van der Waals surface area contributed by atoms with Crippen LogP contribution in [-0.2, 0) is 12.8 Å². The molecule has 1 aromatic heterocycles. The monoisotopic (exact) mass is 463 g/mol. The zero-order valence-electron chi connectivity index (χ0n) is 20.2. The summed E-state index contributed by atoms with van der Waals surface area (Å²) in [5.74, 6) is 0. The highest BCUT2D eigenvalue weighted by molar-refractivity contribution is 6.15. The van der Waals surface area contributed by atoms with Crippen LogP contribution in [0.15, 0.2) is 114 Å². The molecule has 0 N–H and O–H groups in total. The van der Waals surface area contributed by atoms with Gasteiger partial charge in [0.15, 0.2) is 0 Å². The van der Waals surface area contributed by atoms with E-state index in [2.05, 4.69) is 121 Å². The number of hydrogen-bond donors (Lipinski definition) is 0. The second-order valence-corrected chi connectivity index (χ2v) is 10.5. The van der Waals surface area contributed by atoms with Gasteiger partial charge in [-0.25, -0.2) is 0 Å². The summed E-state index contributed by atoms with van der Waals surface area (Å²) in [7, 11) is 0. The highest BCUT2D eigenvalue weighted by Crippen LogP contribution is 2.55. The summed E-state index contributed by atoms with van der Waals surface area (Å²) in [4.78, 5) is 2.59. The molecule has 3 heterocycles. The first-order valence-corrected chi connectivity index (χ1v) is 12.7. The highest BCUT2D eigenvalue weighted by atomic mass is 16.3. The molecule has 0 radical (unpaired) electrons. The van der Waals surface area contributed by atoms with E-state index in [1.165, 1.54) is 55.5 Å². The molecule has 0 saturated carbocycles. The highest BCUT2D eigenvalue weighted by Gasteiger charge is 2.47. The molecule has 2 aliphatic heterocycles.